The van der Waals surface area contributed by atoms with Gasteiger partial charge in [-0.3, -0.25) is 4.79 Å². The van der Waals surface area contributed by atoms with Crippen molar-refractivity contribution >= 4 is 15.9 Å². The molecule has 0 unspecified atom stereocenters. The van der Waals surface area contributed by atoms with E-state index < -0.39 is 32.2 Å². The van der Waals surface area contributed by atoms with Gasteiger partial charge >= 0.3 is 0 Å². The molecule has 9 heteroatoms. The quantitative estimate of drug-likeness (QED) is 0.700. The van der Waals surface area contributed by atoms with Gasteiger partial charge in [-0.05, 0) is 49.7 Å². The zero-order valence-corrected chi connectivity index (χ0v) is 18.9. The molecule has 2 aromatic rings. The van der Waals surface area contributed by atoms with E-state index in [0.717, 1.165) is 22.0 Å². The summed E-state index contributed by atoms with van der Waals surface area (Å²) in [7, 11) is -4.05. The number of amides is 1. The first kappa shape index (κ1) is 23.0. The van der Waals surface area contributed by atoms with Crippen molar-refractivity contribution in [3.05, 3.63) is 53.3 Å². The first-order valence-corrected chi connectivity index (χ1v) is 11.6. The summed E-state index contributed by atoms with van der Waals surface area (Å²) >= 11 is 0. The van der Waals surface area contributed by atoms with Crippen LogP contribution in [0.1, 0.15) is 43.6 Å². The number of hydrogen-bond donors (Lipinski definition) is 1. The molecule has 0 aliphatic carbocycles. The maximum Gasteiger partial charge on any atom is 0.252 e. The summed E-state index contributed by atoms with van der Waals surface area (Å²) in [4.78, 5) is 12.4. The van der Waals surface area contributed by atoms with Crippen LogP contribution in [0.15, 0.2) is 41.3 Å². The third-order valence-corrected chi connectivity index (χ3v) is 7.27. The van der Waals surface area contributed by atoms with Gasteiger partial charge in [0, 0.05) is 18.7 Å². The van der Waals surface area contributed by atoms with E-state index >= 15 is 0 Å². The molecule has 0 atom stereocenters. The van der Waals surface area contributed by atoms with Crippen LogP contribution >= 0.6 is 0 Å². The zero-order valence-electron chi connectivity index (χ0n) is 18.1. The highest BCUT2D eigenvalue weighted by molar-refractivity contribution is 7.89. The lowest BCUT2D eigenvalue weighted by Gasteiger charge is -2.29. The molecule has 168 valence electrons. The smallest absolute Gasteiger partial charge is 0.252 e. The van der Waals surface area contributed by atoms with Crippen molar-refractivity contribution in [1.29, 1.82) is 0 Å². The fraction of sp³-hybridized carbons (Fsp3) is 0.409. The van der Waals surface area contributed by atoms with E-state index in [-0.39, 0.29) is 18.7 Å². The molecular formula is C22H27FN2O5S. The maximum absolute atomic E-state index is 14.4. The summed E-state index contributed by atoms with van der Waals surface area (Å²) in [5, 5.41) is 2.88. The second-order valence-corrected chi connectivity index (χ2v) is 9.58. The Bertz CT molecular complexity index is 1080. The minimum Gasteiger partial charge on any atom is -0.486 e. The van der Waals surface area contributed by atoms with Crippen molar-refractivity contribution in [2.75, 3.05) is 26.3 Å². The molecule has 2 aromatic carbocycles. The van der Waals surface area contributed by atoms with Gasteiger partial charge in [-0.25, -0.2) is 12.8 Å². The Balaban J connectivity index is 1.88. The molecule has 0 bridgehead atoms. The van der Waals surface area contributed by atoms with E-state index in [4.69, 9.17) is 9.47 Å². The second-order valence-electron chi connectivity index (χ2n) is 7.67. The Morgan fingerprint density at radius 1 is 1.06 bits per heavy atom. The summed E-state index contributed by atoms with van der Waals surface area (Å²) in [6.07, 6.45) is 0. The number of nitrogens with one attached hydrogen (secondary N) is 1. The van der Waals surface area contributed by atoms with E-state index in [1.165, 1.54) is 6.07 Å². The number of nitrogens with zero attached hydrogens (tertiary/aromatic N) is 1. The van der Waals surface area contributed by atoms with Gasteiger partial charge in [-0.1, -0.05) is 19.9 Å². The van der Waals surface area contributed by atoms with Crippen LogP contribution in [0.2, 0.25) is 0 Å². The molecule has 0 spiro atoms. The summed E-state index contributed by atoms with van der Waals surface area (Å²) in [5.74, 6) is -0.173. The summed E-state index contributed by atoms with van der Waals surface area (Å²) in [6.45, 7) is 8.30. The predicted molar refractivity (Wildman–Crippen MR) is 114 cm³/mol. The molecule has 0 aromatic heterocycles. The normalized spacial score (nSPS) is 13.9. The number of fused-ring (bicyclic) bond motifs is 1. The van der Waals surface area contributed by atoms with E-state index in [0.29, 0.717) is 24.7 Å². The Morgan fingerprint density at radius 3 is 2.35 bits per heavy atom. The number of ether oxygens (including phenoxy) is 2. The molecule has 0 saturated heterocycles. The lowest BCUT2D eigenvalue weighted by atomic mass is 9.93. The highest BCUT2D eigenvalue weighted by atomic mass is 32.2. The van der Waals surface area contributed by atoms with E-state index in [1.807, 2.05) is 19.9 Å². The van der Waals surface area contributed by atoms with Crippen molar-refractivity contribution < 1.29 is 27.1 Å². The average molecular weight is 451 g/mol. The maximum atomic E-state index is 14.4. The Hall–Kier alpha value is -2.65. The summed E-state index contributed by atoms with van der Waals surface area (Å²) < 4.78 is 52.2. The molecule has 1 N–H and O–H groups in total. The van der Waals surface area contributed by atoms with Crippen molar-refractivity contribution in [2.24, 2.45) is 0 Å². The first-order valence-electron chi connectivity index (χ1n) is 10.1. The van der Waals surface area contributed by atoms with Crippen molar-refractivity contribution in [3.63, 3.8) is 0 Å². The largest absolute Gasteiger partial charge is 0.486 e. The van der Waals surface area contributed by atoms with Gasteiger partial charge in [-0.2, -0.15) is 4.31 Å². The van der Waals surface area contributed by atoms with Crippen LogP contribution in [-0.2, 0) is 15.6 Å². The molecule has 0 saturated carbocycles. The average Bonchev–Trinajstić information content (AvgIpc) is 2.73. The van der Waals surface area contributed by atoms with E-state index in [9.17, 15) is 17.6 Å². The Morgan fingerprint density at radius 2 is 1.71 bits per heavy atom. The molecule has 0 fully saturated rings. The lowest BCUT2D eigenvalue weighted by molar-refractivity contribution is 0.0911. The molecule has 1 aliphatic heterocycles. The van der Waals surface area contributed by atoms with Crippen LogP contribution in [-0.4, -0.2) is 44.9 Å². The first-order chi connectivity index (χ1) is 14.6. The minimum absolute atomic E-state index is 0.0535. The molecule has 31 heavy (non-hydrogen) atoms. The topological polar surface area (TPSA) is 84.9 Å². The van der Waals surface area contributed by atoms with Gasteiger partial charge in [0.05, 0.1) is 5.54 Å². The van der Waals surface area contributed by atoms with Gasteiger partial charge < -0.3 is 14.8 Å². The van der Waals surface area contributed by atoms with Crippen molar-refractivity contribution in [2.45, 2.75) is 38.1 Å². The van der Waals surface area contributed by atoms with Crippen LogP contribution in [0.5, 0.6) is 11.5 Å². The third kappa shape index (κ3) is 4.67. The molecule has 1 aliphatic rings. The standard InChI is InChI=1S/C22H27FN2O5S/c1-5-25(6-2)31(27,28)20-13-15(7-9-17(20)23)21(26)24-22(3,4)16-8-10-18-19(14-16)30-12-11-29-18/h7-10,13-14H,5-6,11-12H2,1-4H3,(H,24,26). The number of carbonyl (C=O) groups is 1. The van der Waals surface area contributed by atoms with Crippen LogP contribution in [0, 0.1) is 5.82 Å². The van der Waals surface area contributed by atoms with Crippen LogP contribution in [0.25, 0.3) is 0 Å². The third-order valence-electron chi connectivity index (χ3n) is 5.21. The monoisotopic (exact) mass is 450 g/mol. The summed E-state index contributed by atoms with van der Waals surface area (Å²) in [5.41, 5.74) is 0.0279. The van der Waals surface area contributed by atoms with Gasteiger partial charge in [0.15, 0.2) is 11.5 Å². The fourth-order valence-electron chi connectivity index (χ4n) is 3.41. The van der Waals surface area contributed by atoms with E-state index in [2.05, 4.69) is 5.32 Å². The minimum atomic E-state index is -4.05. The molecular weight excluding hydrogens is 423 g/mol. The molecule has 1 heterocycles. The SMILES string of the molecule is CCN(CC)S(=O)(=O)c1cc(C(=O)NC(C)(C)c2ccc3c(c2)OCCO3)ccc1F. The molecule has 3 rings (SSSR count). The molecule has 0 radical (unpaired) electrons. The van der Waals surface area contributed by atoms with Crippen LogP contribution in [0.4, 0.5) is 4.39 Å². The van der Waals surface area contributed by atoms with Crippen LogP contribution < -0.4 is 14.8 Å². The second kappa shape index (κ2) is 8.84. The Labute approximate surface area is 182 Å². The zero-order chi connectivity index (χ0) is 22.8. The van der Waals surface area contributed by atoms with E-state index in [1.54, 1.807) is 26.0 Å². The number of rotatable bonds is 7. The van der Waals surface area contributed by atoms with Gasteiger partial charge in [0.2, 0.25) is 10.0 Å². The number of hydrogen-bond acceptors (Lipinski definition) is 5. The van der Waals surface area contributed by atoms with Crippen molar-refractivity contribution in [3.8, 4) is 11.5 Å². The number of sulfonamides is 1. The fourth-order valence-corrected chi connectivity index (χ4v) is 4.95. The van der Waals surface area contributed by atoms with Crippen LogP contribution in [0.3, 0.4) is 0 Å². The molecule has 7 nitrogen and oxygen atoms in total. The lowest BCUT2D eigenvalue weighted by Crippen LogP contribution is -2.41. The van der Waals surface area contributed by atoms with Gasteiger partial charge in [0.1, 0.15) is 23.9 Å². The Kier molecular flexibility index (Phi) is 6.56. The van der Waals surface area contributed by atoms with Gasteiger partial charge in [0.25, 0.3) is 5.91 Å². The summed E-state index contributed by atoms with van der Waals surface area (Å²) in [6, 6.07) is 8.77. The number of carbonyl (C=O) groups excluding carboxylic acids is 1. The number of benzene rings is 2. The predicted octanol–water partition coefficient (Wildman–Crippen LogP) is 3.29. The highest BCUT2D eigenvalue weighted by Crippen LogP contribution is 2.34. The van der Waals surface area contributed by atoms with Gasteiger partial charge in [-0.15, -0.1) is 0 Å². The number of halogens is 1. The highest BCUT2D eigenvalue weighted by Gasteiger charge is 2.29. The molecule has 1 amide bonds. The van der Waals surface area contributed by atoms with Crippen molar-refractivity contribution in [1.82, 2.24) is 9.62 Å².